The maximum atomic E-state index is 11.3. The Kier molecular flexibility index (Phi) is 3.87. The summed E-state index contributed by atoms with van der Waals surface area (Å²) in [5.74, 6) is 0. The van der Waals surface area contributed by atoms with Crippen LogP contribution in [0.1, 0.15) is 0 Å². The van der Waals surface area contributed by atoms with E-state index >= 15 is 0 Å². The van der Waals surface area contributed by atoms with E-state index < -0.39 is 8.87 Å². The summed E-state index contributed by atoms with van der Waals surface area (Å²) in [5.41, 5.74) is 0. The highest BCUT2D eigenvalue weighted by atomic mass is 127. The maximum absolute atomic E-state index is 11.3. The van der Waals surface area contributed by atoms with Crippen molar-refractivity contribution in [1.29, 1.82) is 0 Å². The lowest BCUT2D eigenvalue weighted by atomic mass is 10.4. The largest absolute Gasteiger partial charge is 0.239 e. The molecule has 0 radical (unpaired) electrons. The van der Waals surface area contributed by atoms with Crippen LogP contribution in [0, 0.1) is 0 Å². The number of hydrogen-bond donors (Lipinski definition) is 0. The van der Waals surface area contributed by atoms with Crippen molar-refractivity contribution < 1.29 is 8.42 Å². The van der Waals surface area contributed by atoms with Gasteiger partial charge in [-0.2, -0.15) is 0 Å². The van der Waals surface area contributed by atoms with E-state index in [2.05, 4.69) is 15.9 Å². The van der Waals surface area contributed by atoms with E-state index in [9.17, 15) is 8.42 Å². The number of rotatable bonds is 2. The Balaban J connectivity index is 3.14. The molecular weight excluding hydrogens is 375 g/mol. The molecule has 0 fully saturated rings. The molecule has 0 aromatic heterocycles. The third kappa shape index (κ3) is 2.61. The van der Waals surface area contributed by atoms with Crippen LogP contribution in [0.2, 0.25) is 0 Å². The highest BCUT2D eigenvalue weighted by Gasteiger charge is 2.12. The standard InChI is InChI=1S/C6H4BrIO2S2/c7-5-1-3-6(4-2-5)12(9,10)11-8/h1-4H. The van der Waals surface area contributed by atoms with Crippen molar-refractivity contribution in [3.05, 3.63) is 28.7 Å². The molecule has 1 rings (SSSR count). The quantitative estimate of drug-likeness (QED) is 0.585. The van der Waals surface area contributed by atoms with Gasteiger partial charge in [0.15, 0.2) is 0 Å². The molecular formula is C6H4BrIO2S2. The van der Waals surface area contributed by atoms with E-state index in [-0.39, 0.29) is 0 Å². The fraction of sp³-hybridized carbons (Fsp3) is 0. The summed E-state index contributed by atoms with van der Waals surface area (Å²) in [6, 6.07) is 6.57. The lowest BCUT2D eigenvalue weighted by molar-refractivity contribution is 0.611. The van der Waals surface area contributed by atoms with Crippen LogP contribution < -0.4 is 0 Å². The zero-order chi connectivity index (χ0) is 9.19. The van der Waals surface area contributed by atoms with Crippen LogP contribution in [-0.2, 0) is 8.87 Å². The van der Waals surface area contributed by atoms with Crippen molar-refractivity contribution in [3.63, 3.8) is 0 Å². The van der Waals surface area contributed by atoms with E-state index in [4.69, 9.17) is 0 Å². The average Bonchev–Trinajstić information content (AvgIpc) is 2.05. The molecule has 1 aromatic rings. The van der Waals surface area contributed by atoms with Crippen molar-refractivity contribution in [1.82, 2.24) is 0 Å². The molecule has 0 saturated carbocycles. The second-order valence-electron chi connectivity index (χ2n) is 1.97. The van der Waals surface area contributed by atoms with Crippen LogP contribution in [0.25, 0.3) is 0 Å². The number of halogens is 2. The zero-order valence-electron chi connectivity index (χ0n) is 5.70. The van der Waals surface area contributed by atoms with Gasteiger partial charge < -0.3 is 0 Å². The molecule has 2 nitrogen and oxygen atoms in total. The number of benzene rings is 1. The van der Waals surface area contributed by atoms with Crippen molar-refractivity contribution in [3.8, 4) is 0 Å². The maximum Gasteiger partial charge on any atom is 0.239 e. The summed E-state index contributed by atoms with van der Waals surface area (Å²) < 4.78 is 23.4. The summed E-state index contributed by atoms with van der Waals surface area (Å²) in [6.45, 7) is 0. The second-order valence-corrected chi connectivity index (χ2v) is 9.32. The molecule has 0 heterocycles. The minimum Gasteiger partial charge on any atom is -0.211 e. The van der Waals surface area contributed by atoms with Gasteiger partial charge in [0.05, 0.1) is 4.90 Å². The average molecular weight is 379 g/mol. The first-order chi connectivity index (χ1) is 5.56. The van der Waals surface area contributed by atoms with Crippen LogP contribution in [0.4, 0.5) is 0 Å². The van der Waals surface area contributed by atoms with E-state index in [1.54, 1.807) is 45.5 Å². The Morgan fingerprint density at radius 3 is 2.17 bits per heavy atom. The minimum absolute atomic E-state index is 0.338. The van der Waals surface area contributed by atoms with E-state index in [1.165, 1.54) is 0 Å². The zero-order valence-corrected chi connectivity index (χ0v) is 11.1. The van der Waals surface area contributed by atoms with Gasteiger partial charge in [-0.1, -0.05) is 15.9 Å². The van der Waals surface area contributed by atoms with Gasteiger partial charge in [0, 0.05) is 33.6 Å². The topological polar surface area (TPSA) is 34.1 Å². The first-order valence-electron chi connectivity index (χ1n) is 2.87. The van der Waals surface area contributed by atoms with Crippen LogP contribution in [0.15, 0.2) is 33.6 Å². The highest BCUT2D eigenvalue weighted by Crippen LogP contribution is 2.29. The molecule has 1 aromatic carbocycles. The molecule has 0 amide bonds. The third-order valence-electron chi connectivity index (χ3n) is 1.19. The third-order valence-corrected chi connectivity index (χ3v) is 8.06. The Hall–Kier alpha value is 0.730. The molecule has 12 heavy (non-hydrogen) atoms. The molecule has 0 atom stereocenters. The van der Waals surface area contributed by atoms with Gasteiger partial charge in [0.1, 0.15) is 0 Å². The molecule has 66 valence electrons. The van der Waals surface area contributed by atoms with Gasteiger partial charge in [-0.05, 0) is 24.3 Å². The van der Waals surface area contributed by atoms with Gasteiger partial charge in [0.25, 0.3) is 0 Å². The minimum atomic E-state index is -3.13. The van der Waals surface area contributed by atoms with Crippen LogP contribution in [-0.4, -0.2) is 8.42 Å². The molecule has 0 aliphatic rings. The highest BCUT2D eigenvalue weighted by molar-refractivity contribution is 14.2. The fourth-order valence-corrected chi connectivity index (χ4v) is 3.86. The Bertz CT molecular complexity index is 360. The lowest BCUT2D eigenvalue weighted by Gasteiger charge is -1.97. The van der Waals surface area contributed by atoms with Gasteiger partial charge in [-0.3, -0.25) is 0 Å². The molecule has 6 heteroatoms. The summed E-state index contributed by atoms with van der Waals surface area (Å²) in [4.78, 5) is 0.338. The van der Waals surface area contributed by atoms with E-state index in [0.717, 1.165) is 12.4 Å². The van der Waals surface area contributed by atoms with Crippen LogP contribution >= 0.6 is 45.1 Å². The SMILES string of the molecule is O=S(=O)(SI)c1ccc(Br)cc1. The van der Waals surface area contributed by atoms with E-state index in [0.29, 0.717) is 4.90 Å². The molecule has 0 aliphatic heterocycles. The molecule has 0 spiro atoms. The Morgan fingerprint density at radius 1 is 1.25 bits per heavy atom. The van der Waals surface area contributed by atoms with E-state index in [1.807, 2.05) is 0 Å². The smallest absolute Gasteiger partial charge is 0.211 e. The molecule has 0 unspecified atom stereocenters. The Labute approximate surface area is 95.2 Å². The first kappa shape index (κ1) is 10.8. The van der Waals surface area contributed by atoms with Crippen molar-refractivity contribution >= 4 is 54.0 Å². The summed E-state index contributed by atoms with van der Waals surface area (Å²) >= 11 is 4.99. The number of hydrogen-bond acceptors (Lipinski definition) is 3. The molecule has 0 aliphatic carbocycles. The lowest BCUT2D eigenvalue weighted by Crippen LogP contribution is -1.90. The van der Waals surface area contributed by atoms with Crippen LogP contribution in [0.5, 0.6) is 0 Å². The fourth-order valence-electron chi connectivity index (χ4n) is 0.638. The predicted molar refractivity (Wildman–Crippen MR) is 62.9 cm³/mol. The Morgan fingerprint density at radius 2 is 1.75 bits per heavy atom. The van der Waals surface area contributed by atoms with Crippen molar-refractivity contribution in [2.24, 2.45) is 0 Å². The second kappa shape index (κ2) is 4.30. The predicted octanol–water partition coefficient (Wildman–Crippen LogP) is 3.22. The van der Waals surface area contributed by atoms with Crippen molar-refractivity contribution in [2.45, 2.75) is 4.90 Å². The monoisotopic (exact) mass is 378 g/mol. The van der Waals surface area contributed by atoms with Crippen molar-refractivity contribution in [2.75, 3.05) is 0 Å². The summed E-state index contributed by atoms with van der Waals surface area (Å²) in [7, 11) is -2.32. The van der Waals surface area contributed by atoms with Gasteiger partial charge in [0.2, 0.25) is 8.87 Å². The molecule has 0 saturated heterocycles. The first-order valence-corrected chi connectivity index (χ1v) is 9.02. The summed E-state index contributed by atoms with van der Waals surface area (Å²) in [6.07, 6.45) is 0. The van der Waals surface area contributed by atoms with Gasteiger partial charge in [-0.15, -0.1) is 0 Å². The molecule has 0 bridgehead atoms. The summed E-state index contributed by atoms with van der Waals surface area (Å²) in [5, 5.41) is 0. The normalized spacial score (nSPS) is 11.5. The van der Waals surface area contributed by atoms with Gasteiger partial charge >= 0.3 is 0 Å². The van der Waals surface area contributed by atoms with Gasteiger partial charge in [-0.25, -0.2) is 8.42 Å². The molecule has 0 N–H and O–H groups in total. The van der Waals surface area contributed by atoms with Crippen LogP contribution in [0.3, 0.4) is 0 Å².